The molecule has 0 saturated carbocycles. The summed E-state index contributed by atoms with van der Waals surface area (Å²) in [4.78, 5) is 35.1. The number of nitrogens with two attached hydrogens (primary N) is 1. The van der Waals surface area contributed by atoms with Gasteiger partial charge in [0.15, 0.2) is 5.65 Å². The highest BCUT2D eigenvalue weighted by Gasteiger charge is 2.29. The van der Waals surface area contributed by atoms with E-state index in [4.69, 9.17) is 15.6 Å². The molecule has 0 spiro atoms. The molecule has 2 amide bonds. The maximum atomic E-state index is 12.3. The second-order valence-corrected chi connectivity index (χ2v) is 11.2. The predicted molar refractivity (Wildman–Crippen MR) is 162 cm³/mol. The second kappa shape index (κ2) is 11.8. The van der Waals surface area contributed by atoms with Gasteiger partial charge in [0.05, 0.1) is 29.2 Å². The molecular weight excluding hydrogens is 558 g/mol. The number of anilines is 1. The number of imide groups is 1. The number of rotatable bonds is 7. The van der Waals surface area contributed by atoms with Crippen molar-refractivity contribution in [3.8, 4) is 22.8 Å². The minimum Gasteiger partial charge on any atom is -0.457 e. The van der Waals surface area contributed by atoms with E-state index >= 15 is 0 Å². The maximum Gasteiger partial charge on any atom is 0.234 e. The summed E-state index contributed by atoms with van der Waals surface area (Å²) < 4.78 is 7.96. The molecule has 3 N–H and O–H groups in total. The SMILES string of the molecule is Nc1ncnc2c1c(-c1ccc(Oc3ccccc3)cc1)nn2C1CCN(Cc2cc(C3CCC(=O)NC3=O)cnn2)CC1. The summed E-state index contributed by atoms with van der Waals surface area (Å²) in [7, 11) is 0. The number of hydrogen-bond donors (Lipinski definition) is 2. The van der Waals surface area contributed by atoms with Crippen molar-refractivity contribution in [1.29, 1.82) is 0 Å². The number of piperidine rings is 2. The van der Waals surface area contributed by atoms with Crippen LogP contribution in [0.4, 0.5) is 5.82 Å². The number of amides is 2. The summed E-state index contributed by atoms with van der Waals surface area (Å²) in [6, 6.07) is 19.5. The highest BCUT2D eigenvalue weighted by Crippen LogP contribution is 2.35. The molecule has 7 rings (SSSR count). The number of hydrogen-bond acceptors (Lipinski definition) is 10. The Hall–Kier alpha value is -5.23. The van der Waals surface area contributed by atoms with Crippen LogP contribution in [0.15, 0.2) is 73.2 Å². The number of aromatic nitrogens is 6. The fourth-order valence-electron chi connectivity index (χ4n) is 6.02. The number of nitrogens with one attached hydrogen (secondary N) is 1. The molecule has 12 heteroatoms. The third-order valence-corrected chi connectivity index (χ3v) is 8.28. The Morgan fingerprint density at radius 3 is 2.50 bits per heavy atom. The molecule has 2 fully saturated rings. The highest BCUT2D eigenvalue weighted by molar-refractivity contribution is 6.01. The van der Waals surface area contributed by atoms with Gasteiger partial charge in [-0.15, -0.1) is 0 Å². The van der Waals surface area contributed by atoms with Crippen LogP contribution >= 0.6 is 0 Å². The Balaban J connectivity index is 1.06. The van der Waals surface area contributed by atoms with Gasteiger partial charge < -0.3 is 10.5 Å². The molecular formula is C32H31N9O3. The van der Waals surface area contributed by atoms with Crippen molar-refractivity contribution in [2.75, 3.05) is 18.8 Å². The molecule has 2 aliphatic rings. The molecule has 1 atom stereocenters. The van der Waals surface area contributed by atoms with Gasteiger partial charge in [0.25, 0.3) is 0 Å². The first kappa shape index (κ1) is 27.6. The number of nitrogen functional groups attached to an aromatic ring is 1. The highest BCUT2D eigenvalue weighted by atomic mass is 16.5. The van der Waals surface area contributed by atoms with E-state index in [-0.39, 0.29) is 23.8 Å². The molecule has 5 aromatic rings. The zero-order valence-corrected chi connectivity index (χ0v) is 24.0. The molecule has 44 heavy (non-hydrogen) atoms. The molecule has 0 aliphatic carbocycles. The van der Waals surface area contributed by atoms with Crippen LogP contribution in [0.2, 0.25) is 0 Å². The first-order valence-electron chi connectivity index (χ1n) is 14.7. The lowest BCUT2D eigenvalue weighted by atomic mass is 9.91. The fourth-order valence-corrected chi connectivity index (χ4v) is 6.02. The van der Waals surface area contributed by atoms with E-state index in [0.717, 1.165) is 71.0 Å². The Morgan fingerprint density at radius 1 is 0.955 bits per heavy atom. The van der Waals surface area contributed by atoms with E-state index in [0.29, 0.717) is 25.2 Å². The normalized spacial score (nSPS) is 18.0. The van der Waals surface area contributed by atoms with Gasteiger partial charge in [0.1, 0.15) is 29.3 Å². The quantitative estimate of drug-likeness (QED) is 0.266. The number of carbonyl (C=O) groups excluding carboxylic acids is 2. The average molecular weight is 590 g/mol. The lowest BCUT2D eigenvalue weighted by Gasteiger charge is -2.32. The summed E-state index contributed by atoms with van der Waals surface area (Å²) in [6.07, 6.45) is 5.65. The first-order chi connectivity index (χ1) is 21.5. The van der Waals surface area contributed by atoms with Crippen LogP contribution in [-0.4, -0.2) is 59.7 Å². The van der Waals surface area contributed by atoms with E-state index < -0.39 is 0 Å². The van der Waals surface area contributed by atoms with Crippen LogP contribution in [-0.2, 0) is 16.1 Å². The van der Waals surface area contributed by atoms with Gasteiger partial charge >= 0.3 is 0 Å². The monoisotopic (exact) mass is 589 g/mol. The Labute approximate surface area is 253 Å². The summed E-state index contributed by atoms with van der Waals surface area (Å²) in [5, 5.41) is 16.7. The van der Waals surface area contributed by atoms with Crippen molar-refractivity contribution in [2.24, 2.45) is 0 Å². The van der Waals surface area contributed by atoms with E-state index in [1.807, 2.05) is 65.3 Å². The Kier molecular flexibility index (Phi) is 7.40. The summed E-state index contributed by atoms with van der Waals surface area (Å²) >= 11 is 0. The number of nitrogens with zero attached hydrogens (tertiary/aromatic N) is 7. The Morgan fingerprint density at radius 2 is 1.73 bits per heavy atom. The van der Waals surface area contributed by atoms with E-state index in [2.05, 4.69) is 30.4 Å². The van der Waals surface area contributed by atoms with E-state index in [1.54, 1.807) is 6.20 Å². The summed E-state index contributed by atoms with van der Waals surface area (Å²) in [5.74, 6) is 1.02. The van der Waals surface area contributed by atoms with Crippen molar-refractivity contribution in [3.63, 3.8) is 0 Å². The van der Waals surface area contributed by atoms with Crippen LogP contribution in [0, 0.1) is 0 Å². The van der Waals surface area contributed by atoms with Crippen LogP contribution < -0.4 is 15.8 Å². The molecule has 2 aliphatic heterocycles. The van der Waals surface area contributed by atoms with Gasteiger partial charge in [0.2, 0.25) is 11.8 Å². The van der Waals surface area contributed by atoms with Crippen molar-refractivity contribution in [1.82, 2.24) is 40.2 Å². The molecule has 222 valence electrons. The van der Waals surface area contributed by atoms with Crippen molar-refractivity contribution >= 4 is 28.7 Å². The van der Waals surface area contributed by atoms with Crippen LogP contribution in [0.3, 0.4) is 0 Å². The average Bonchev–Trinajstić information content (AvgIpc) is 3.43. The number of benzene rings is 2. The number of carbonyl (C=O) groups is 2. The first-order valence-corrected chi connectivity index (χ1v) is 14.7. The van der Waals surface area contributed by atoms with Crippen LogP contribution in [0.25, 0.3) is 22.3 Å². The molecule has 2 aromatic carbocycles. The van der Waals surface area contributed by atoms with E-state index in [1.165, 1.54) is 6.33 Å². The second-order valence-electron chi connectivity index (χ2n) is 11.2. The summed E-state index contributed by atoms with van der Waals surface area (Å²) in [5.41, 5.74) is 10.3. The molecule has 2 saturated heterocycles. The number of likely N-dealkylation sites (tertiary alicyclic amines) is 1. The fraction of sp³-hybridized carbons (Fsp3) is 0.281. The molecule has 0 radical (unpaired) electrons. The maximum absolute atomic E-state index is 12.3. The third-order valence-electron chi connectivity index (χ3n) is 8.28. The van der Waals surface area contributed by atoms with E-state index in [9.17, 15) is 9.59 Å². The topological polar surface area (TPSA) is 154 Å². The molecule has 0 bridgehead atoms. The van der Waals surface area contributed by atoms with Gasteiger partial charge in [-0.05, 0) is 67.3 Å². The molecule has 1 unspecified atom stereocenters. The summed E-state index contributed by atoms with van der Waals surface area (Å²) in [6.45, 7) is 2.29. The van der Waals surface area contributed by atoms with Gasteiger partial charge in [-0.2, -0.15) is 15.3 Å². The largest absolute Gasteiger partial charge is 0.457 e. The molecule has 12 nitrogen and oxygen atoms in total. The number of ether oxygens (including phenoxy) is 1. The number of fused-ring (bicyclic) bond motifs is 1. The standard InChI is InChI=1S/C32H31N9O3/c33-30-28-29(20-6-8-25(9-7-20)44-24-4-2-1-3-5-24)39-41(31(28)35-19-34-30)23-12-14-40(15-13-23)18-22-16-21(17-36-38-22)26-10-11-27(42)37-32(26)43/h1-9,16-17,19,23,26H,10-15,18H2,(H2,33,34,35)(H,37,42,43). The lowest BCUT2D eigenvalue weighted by molar-refractivity contribution is -0.134. The van der Waals surface area contributed by atoms with Crippen molar-refractivity contribution in [2.45, 2.75) is 44.2 Å². The molecule has 5 heterocycles. The van der Waals surface area contributed by atoms with Crippen molar-refractivity contribution in [3.05, 3.63) is 84.4 Å². The van der Waals surface area contributed by atoms with Crippen LogP contribution in [0.1, 0.15) is 48.9 Å². The zero-order valence-electron chi connectivity index (χ0n) is 24.0. The van der Waals surface area contributed by atoms with Gasteiger partial charge in [-0.25, -0.2) is 14.6 Å². The Bertz CT molecular complexity index is 1820. The number of para-hydroxylation sites is 1. The minimum atomic E-state index is -0.378. The smallest absolute Gasteiger partial charge is 0.234 e. The molecule has 3 aromatic heterocycles. The third kappa shape index (κ3) is 5.59. The lowest BCUT2D eigenvalue weighted by Crippen LogP contribution is -2.39. The van der Waals surface area contributed by atoms with Gasteiger partial charge in [0, 0.05) is 31.6 Å². The van der Waals surface area contributed by atoms with Crippen LogP contribution in [0.5, 0.6) is 11.5 Å². The minimum absolute atomic E-state index is 0.137. The zero-order chi connectivity index (χ0) is 30.0. The van der Waals surface area contributed by atoms with Gasteiger partial charge in [-0.3, -0.25) is 19.8 Å². The van der Waals surface area contributed by atoms with Crippen molar-refractivity contribution < 1.29 is 14.3 Å². The van der Waals surface area contributed by atoms with Gasteiger partial charge in [-0.1, -0.05) is 18.2 Å². The predicted octanol–water partition coefficient (Wildman–Crippen LogP) is 4.02.